The molecule has 1 heterocycles. The van der Waals surface area contributed by atoms with Crippen molar-refractivity contribution in [3.8, 4) is 11.5 Å². The molecule has 0 spiro atoms. The van der Waals surface area contributed by atoms with E-state index in [9.17, 15) is 9.18 Å². The highest BCUT2D eigenvalue weighted by Crippen LogP contribution is 2.43. The first-order chi connectivity index (χ1) is 12.1. The Morgan fingerprint density at radius 2 is 1.92 bits per heavy atom. The number of ether oxygens (including phenoxy) is 2. The summed E-state index contributed by atoms with van der Waals surface area (Å²) in [6.45, 7) is 1.04. The number of rotatable bonds is 4. The lowest BCUT2D eigenvalue weighted by molar-refractivity contribution is 0.0931. The fourth-order valence-corrected chi connectivity index (χ4v) is 3.27. The molecule has 1 aliphatic heterocycles. The van der Waals surface area contributed by atoms with Crippen LogP contribution in [0.25, 0.3) is 0 Å². The van der Waals surface area contributed by atoms with Gasteiger partial charge in [-0.2, -0.15) is 0 Å². The Morgan fingerprint density at radius 3 is 2.68 bits per heavy atom. The first-order valence-corrected chi connectivity index (χ1v) is 8.65. The number of hydrogen-bond acceptors (Lipinski definition) is 3. The second-order valence-corrected chi connectivity index (χ2v) is 6.67. The summed E-state index contributed by atoms with van der Waals surface area (Å²) in [6.07, 6.45) is 2.08. The van der Waals surface area contributed by atoms with Gasteiger partial charge in [-0.05, 0) is 48.6 Å². The molecule has 2 aromatic carbocycles. The average Bonchev–Trinajstić information content (AvgIpc) is 3.46. The van der Waals surface area contributed by atoms with Gasteiger partial charge in [-0.25, -0.2) is 4.39 Å². The third kappa shape index (κ3) is 3.29. The molecule has 25 heavy (non-hydrogen) atoms. The number of amides is 1. The Hall–Kier alpha value is -2.27. The van der Waals surface area contributed by atoms with Gasteiger partial charge in [0.15, 0.2) is 11.5 Å². The minimum atomic E-state index is -0.600. The fourth-order valence-electron chi connectivity index (χ4n) is 3.05. The number of halogens is 2. The molecule has 6 heteroatoms. The van der Waals surface area contributed by atoms with Crippen LogP contribution in [-0.4, -0.2) is 19.1 Å². The molecule has 0 aromatic heterocycles. The van der Waals surface area contributed by atoms with E-state index in [2.05, 4.69) is 5.32 Å². The van der Waals surface area contributed by atoms with Crippen molar-refractivity contribution in [3.63, 3.8) is 0 Å². The number of nitrogens with one attached hydrogen (secondary N) is 1. The summed E-state index contributed by atoms with van der Waals surface area (Å²) in [7, 11) is 0. The van der Waals surface area contributed by atoms with Crippen molar-refractivity contribution in [1.29, 1.82) is 0 Å². The molecule has 1 unspecified atom stereocenters. The molecule has 2 aromatic rings. The van der Waals surface area contributed by atoms with Crippen molar-refractivity contribution in [3.05, 3.63) is 58.4 Å². The first kappa shape index (κ1) is 16.2. The molecular formula is C19H17ClFNO3. The van der Waals surface area contributed by atoms with Crippen LogP contribution in [0.15, 0.2) is 36.4 Å². The van der Waals surface area contributed by atoms with Gasteiger partial charge in [0, 0.05) is 0 Å². The van der Waals surface area contributed by atoms with E-state index >= 15 is 0 Å². The van der Waals surface area contributed by atoms with E-state index in [-0.39, 0.29) is 22.5 Å². The second kappa shape index (κ2) is 6.56. The zero-order chi connectivity index (χ0) is 17.4. The van der Waals surface area contributed by atoms with Crippen LogP contribution in [0, 0.1) is 11.7 Å². The van der Waals surface area contributed by atoms with Crippen LogP contribution in [0.1, 0.15) is 34.8 Å². The first-order valence-electron chi connectivity index (χ1n) is 8.28. The van der Waals surface area contributed by atoms with E-state index in [1.54, 1.807) is 0 Å². The van der Waals surface area contributed by atoms with Crippen molar-refractivity contribution in [2.45, 2.75) is 18.9 Å². The second-order valence-electron chi connectivity index (χ2n) is 6.29. The Bertz CT molecular complexity index is 822. The maximum atomic E-state index is 13.6. The molecule has 1 amide bonds. The standard InChI is InChI=1S/C19H17ClFNO3/c20-17-13(2-1-3-14(17)21)19(23)22-18(11-4-5-11)12-6-7-15-16(10-12)25-9-8-24-15/h1-3,6-7,10-11,18H,4-5,8-9H2,(H,22,23). The number of fused-ring (bicyclic) bond motifs is 1. The quantitative estimate of drug-likeness (QED) is 0.890. The van der Waals surface area contributed by atoms with E-state index in [1.165, 1.54) is 18.2 Å². The Kier molecular flexibility index (Phi) is 4.25. The molecule has 0 saturated heterocycles. The third-order valence-electron chi connectivity index (χ3n) is 4.50. The SMILES string of the molecule is O=C(NC(c1ccc2c(c1)OCCO2)C1CC1)c1cccc(F)c1Cl. The summed E-state index contributed by atoms with van der Waals surface area (Å²) in [6, 6.07) is 9.77. The summed E-state index contributed by atoms with van der Waals surface area (Å²) < 4.78 is 24.8. The van der Waals surface area contributed by atoms with Crippen molar-refractivity contribution >= 4 is 17.5 Å². The predicted molar refractivity (Wildman–Crippen MR) is 91.8 cm³/mol. The molecule has 2 aliphatic rings. The molecule has 1 saturated carbocycles. The highest BCUT2D eigenvalue weighted by molar-refractivity contribution is 6.34. The number of carbonyl (C=O) groups is 1. The smallest absolute Gasteiger partial charge is 0.253 e. The lowest BCUT2D eigenvalue weighted by Crippen LogP contribution is -2.30. The molecular weight excluding hydrogens is 345 g/mol. The maximum absolute atomic E-state index is 13.6. The Labute approximate surface area is 149 Å². The van der Waals surface area contributed by atoms with E-state index in [0.29, 0.717) is 30.6 Å². The number of carbonyl (C=O) groups excluding carboxylic acids is 1. The zero-order valence-electron chi connectivity index (χ0n) is 13.4. The Morgan fingerprint density at radius 1 is 1.16 bits per heavy atom. The summed E-state index contributed by atoms with van der Waals surface area (Å²) in [5, 5.41) is 2.84. The van der Waals surface area contributed by atoms with Gasteiger partial charge < -0.3 is 14.8 Å². The monoisotopic (exact) mass is 361 g/mol. The van der Waals surface area contributed by atoms with E-state index in [4.69, 9.17) is 21.1 Å². The lowest BCUT2D eigenvalue weighted by Gasteiger charge is -2.23. The van der Waals surface area contributed by atoms with Crippen molar-refractivity contribution in [2.24, 2.45) is 5.92 Å². The van der Waals surface area contributed by atoms with Crippen LogP contribution in [0.4, 0.5) is 4.39 Å². The van der Waals surface area contributed by atoms with Crippen molar-refractivity contribution in [1.82, 2.24) is 5.32 Å². The minimum Gasteiger partial charge on any atom is -0.486 e. The topological polar surface area (TPSA) is 47.6 Å². The largest absolute Gasteiger partial charge is 0.486 e. The molecule has 4 nitrogen and oxygen atoms in total. The average molecular weight is 362 g/mol. The van der Waals surface area contributed by atoms with Crippen molar-refractivity contribution in [2.75, 3.05) is 13.2 Å². The van der Waals surface area contributed by atoms with Gasteiger partial charge in [0.05, 0.1) is 16.6 Å². The molecule has 130 valence electrons. The van der Waals surface area contributed by atoms with E-state index in [0.717, 1.165) is 18.4 Å². The third-order valence-corrected chi connectivity index (χ3v) is 4.89. The van der Waals surface area contributed by atoms with Gasteiger partial charge in [0.25, 0.3) is 5.91 Å². The summed E-state index contributed by atoms with van der Waals surface area (Å²) >= 11 is 5.94. The lowest BCUT2D eigenvalue weighted by atomic mass is 10.0. The number of benzene rings is 2. The summed E-state index contributed by atoms with van der Waals surface area (Å²) in [5.74, 6) is 0.781. The van der Waals surface area contributed by atoms with Gasteiger partial charge in [-0.15, -0.1) is 0 Å². The van der Waals surface area contributed by atoms with Gasteiger partial charge in [0.1, 0.15) is 19.0 Å². The predicted octanol–water partition coefficient (Wildman–Crippen LogP) is 4.13. The van der Waals surface area contributed by atoms with Crippen LogP contribution in [-0.2, 0) is 0 Å². The molecule has 1 aliphatic carbocycles. The van der Waals surface area contributed by atoms with Gasteiger partial charge in [-0.1, -0.05) is 23.7 Å². The molecule has 1 atom stereocenters. The fraction of sp³-hybridized carbons (Fsp3) is 0.316. The molecule has 1 fully saturated rings. The van der Waals surface area contributed by atoms with Gasteiger partial charge in [-0.3, -0.25) is 4.79 Å². The van der Waals surface area contributed by atoms with E-state index < -0.39 is 5.82 Å². The van der Waals surface area contributed by atoms with Gasteiger partial charge >= 0.3 is 0 Å². The van der Waals surface area contributed by atoms with Crippen LogP contribution in [0.2, 0.25) is 5.02 Å². The summed E-state index contributed by atoms with van der Waals surface area (Å²) in [5.41, 5.74) is 1.09. The normalized spacial score (nSPS) is 17.0. The van der Waals surface area contributed by atoms with Crippen LogP contribution < -0.4 is 14.8 Å². The van der Waals surface area contributed by atoms with Crippen LogP contribution >= 0.6 is 11.6 Å². The molecule has 4 rings (SSSR count). The van der Waals surface area contributed by atoms with E-state index in [1.807, 2.05) is 18.2 Å². The number of hydrogen-bond donors (Lipinski definition) is 1. The minimum absolute atomic E-state index is 0.143. The van der Waals surface area contributed by atoms with Crippen LogP contribution in [0.3, 0.4) is 0 Å². The highest BCUT2D eigenvalue weighted by Gasteiger charge is 2.34. The van der Waals surface area contributed by atoms with Crippen molar-refractivity contribution < 1.29 is 18.7 Å². The molecule has 0 radical (unpaired) electrons. The summed E-state index contributed by atoms with van der Waals surface area (Å²) in [4.78, 5) is 12.6. The highest BCUT2D eigenvalue weighted by atomic mass is 35.5. The van der Waals surface area contributed by atoms with Gasteiger partial charge in [0.2, 0.25) is 0 Å². The Balaban J connectivity index is 1.60. The maximum Gasteiger partial charge on any atom is 0.253 e. The molecule has 0 bridgehead atoms. The van der Waals surface area contributed by atoms with Crippen LogP contribution in [0.5, 0.6) is 11.5 Å². The zero-order valence-corrected chi connectivity index (χ0v) is 14.2. The molecule has 1 N–H and O–H groups in total.